The molecule has 3 nitrogen and oxygen atoms in total. The van der Waals surface area contributed by atoms with Crippen molar-refractivity contribution < 1.29 is 4.92 Å². The second-order valence-corrected chi connectivity index (χ2v) is 3.49. The van der Waals surface area contributed by atoms with Crippen molar-refractivity contribution in [2.75, 3.05) is 0 Å². The molecule has 0 fully saturated rings. The maximum Gasteiger partial charge on any atom is 0.288 e. The molecule has 0 aliphatic heterocycles. The van der Waals surface area contributed by atoms with Gasteiger partial charge in [0.25, 0.3) is 5.69 Å². The molecule has 0 spiro atoms. The van der Waals surface area contributed by atoms with E-state index in [0.717, 1.165) is 4.47 Å². The number of nitro groups is 1. The Morgan fingerprint density at radius 1 is 1.58 bits per heavy atom. The predicted octanol–water partition coefficient (Wildman–Crippen LogP) is 3.32. The second kappa shape index (κ2) is 3.41. The highest BCUT2D eigenvalue weighted by Crippen LogP contribution is 2.32. The van der Waals surface area contributed by atoms with Gasteiger partial charge in [-0.2, -0.15) is 0 Å². The molecule has 0 unspecified atom stereocenters. The highest BCUT2D eigenvalue weighted by atomic mass is 79.9. The molecular weight excluding hydrogens is 245 g/mol. The summed E-state index contributed by atoms with van der Waals surface area (Å²) >= 11 is 8.94. The third-order valence-electron chi connectivity index (χ3n) is 1.50. The van der Waals surface area contributed by atoms with E-state index in [0.29, 0.717) is 5.56 Å². The molecule has 1 aromatic rings. The first-order chi connectivity index (χ1) is 5.54. The molecule has 0 heterocycles. The molecule has 1 rings (SSSR count). The van der Waals surface area contributed by atoms with Crippen molar-refractivity contribution in [3.05, 3.63) is 37.3 Å². The Hall–Kier alpha value is -0.610. The zero-order chi connectivity index (χ0) is 9.30. The lowest BCUT2D eigenvalue weighted by Gasteiger charge is -2.00. The van der Waals surface area contributed by atoms with Gasteiger partial charge in [-0.05, 0) is 18.6 Å². The fourth-order valence-electron chi connectivity index (χ4n) is 0.788. The average Bonchev–Trinajstić information content (AvgIpc) is 2.00. The van der Waals surface area contributed by atoms with Gasteiger partial charge in [-0.15, -0.1) is 0 Å². The Labute approximate surface area is 82.6 Å². The van der Waals surface area contributed by atoms with Crippen LogP contribution in [0.5, 0.6) is 0 Å². The van der Waals surface area contributed by atoms with Crippen molar-refractivity contribution in [1.29, 1.82) is 0 Å². The lowest BCUT2D eigenvalue weighted by molar-refractivity contribution is -0.384. The third kappa shape index (κ3) is 1.59. The highest BCUT2D eigenvalue weighted by molar-refractivity contribution is 9.10. The summed E-state index contributed by atoms with van der Waals surface area (Å²) in [4.78, 5) is 9.89. The van der Waals surface area contributed by atoms with Crippen LogP contribution in [0.4, 0.5) is 5.69 Å². The number of halogens is 2. The molecular formula is C7H5BrClNO2. The zero-order valence-electron chi connectivity index (χ0n) is 6.17. The van der Waals surface area contributed by atoms with Gasteiger partial charge < -0.3 is 0 Å². The van der Waals surface area contributed by atoms with Gasteiger partial charge in [-0.25, -0.2) is 0 Å². The van der Waals surface area contributed by atoms with Gasteiger partial charge in [-0.3, -0.25) is 10.1 Å². The van der Waals surface area contributed by atoms with Crippen LogP contribution in [-0.4, -0.2) is 4.92 Å². The number of benzene rings is 1. The number of hydrogen-bond acceptors (Lipinski definition) is 2. The molecule has 0 aromatic heterocycles. The van der Waals surface area contributed by atoms with E-state index < -0.39 is 4.92 Å². The van der Waals surface area contributed by atoms with Crippen molar-refractivity contribution in [2.24, 2.45) is 0 Å². The van der Waals surface area contributed by atoms with E-state index in [-0.39, 0.29) is 10.7 Å². The van der Waals surface area contributed by atoms with E-state index in [1.54, 1.807) is 13.0 Å². The van der Waals surface area contributed by atoms with Gasteiger partial charge in [0.1, 0.15) is 5.02 Å². The maximum absolute atomic E-state index is 10.4. The summed E-state index contributed by atoms with van der Waals surface area (Å²) < 4.78 is 0.776. The number of nitrogens with zero attached hydrogens (tertiary/aromatic N) is 1. The Morgan fingerprint density at radius 2 is 2.17 bits per heavy atom. The summed E-state index contributed by atoms with van der Waals surface area (Å²) in [7, 11) is 0. The summed E-state index contributed by atoms with van der Waals surface area (Å²) in [5.41, 5.74) is 0.628. The Bertz CT molecular complexity index is 340. The van der Waals surface area contributed by atoms with Crippen LogP contribution in [0.1, 0.15) is 5.56 Å². The first-order valence-corrected chi connectivity index (χ1v) is 4.30. The first-order valence-electron chi connectivity index (χ1n) is 3.13. The van der Waals surface area contributed by atoms with Crippen LogP contribution in [0.2, 0.25) is 5.02 Å². The summed E-state index contributed by atoms with van der Waals surface area (Å²) in [6.07, 6.45) is 0. The molecule has 0 aliphatic rings. The summed E-state index contributed by atoms with van der Waals surface area (Å²) in [5.74, 6) is 0. The molecule has 0 bridgehead atoms. The van der Waals surface area contributed by atoms with E-state index in [1.165, 1.54) is 6.07 Å². The van der Waals surface area contributed by atoms with E-state index in [1.807, 2.05) is 0 Å². The topological polar surface area (TPSA) is 43.1 Å². The van der Waals surface area contributed by atoms with E-state index in [2.05, 4.69) is 15.9 Å². The number of rotatable bonds is 1. The van der Waals surface area contributed by atoms with Gasteiger partial charge in [0, 0.05) is 10.5 Å². The molecule has 1 aromatic carbocycles. The fraction of sp³-hybridized carbons (Fsp3) is 0.143. The Balaban J connectivity index is 3.36. The normalized spacial score (nSPS) is 9.92. The molecule has 12 heavy (non-hydrogen) atoms. The fourth-order valence-corrected chi connectivity index (χ4v) is 1.47. The largest absolute Gasteiger partial charge is 0.288 e. The standard InChI is InChI=1S/C7H5BrClNO2/c1-4-5(8)2-3-6(7(4)9)10(11)12/h2-3H,1H3. The molecule has 0 atom stereocenters. The number of nitro benzene ring substituents is 1. The van der Waals surface area contributed by atoms with Gasteiger partial charge in [0.15, 0.2) is 0 Å². The van der Waals surface area contributed by atoms with E-state index in [4.69, 9.17) is 11.6 Å². The predicted molar refractivity (Wildman–Crippen MR) is 50.5 cm³/mol. The molecule has 0 aliphatic carbocycles. The Morgan fingerprint density at radius 3 is 2.67 bits per heavy atom. The first kappa shape index (κ1) is 9.48. The highest BCUT2D eigenvalue weighted by Gasteiger charge is 2.14. The van der Waals surface area contributed by atoms with Crippen LogP contribution < -0.4 is 0 Å². The van der Waals surface area contributed by atoms with Crippen LogP contribution in [0.25, 0.3) is 0 Å². The lowest BCUT2D eigenvalue weighted by atomic mass is 10.2. The van der Waals surface area contributed by atoms with Gasteiger partial charge >= 0.3 is 0 Å². The maximum atomic E-state index is 10.4. The molecule has 5 heteroatoms. The van der Waals surface area contributed by atoms with Crippen LogP contribution in [0.3, 0.4) is 0 Å². The lowest BCUT2D eigenvalue weighted by Crippen LogP contribution is -1.90. The van der Waals surface area contributed by atoms with Crippen molar-refractivity contribution in [1.82, 2.24) is 0 Å². The quantitative estimate of drug-likeness (QED) is 0.567. The second-order valence-electron chi connectivity index (χ2n) is 2.26. The number of hydrogen-bond donors (Lipinski definition) is 0. The van der Waals surface area contributed by atoms with Crippen LogP contribution in [-0.2, 0) is 0 Å². The van der Waals surface area contributed by atoms with E-state index in [9.17, 15) is 10.1 Å². The van der Waals surface area contributed by atoms with Crippen LogP contribution in [0.15, 0.2) is 16.6 Å². The Kier molecular flexibility index (Phi) is 2.69. The van der Waals surface area contributed by atoms with Crippen molar-refractivity contribution in [3.8, 4) is 0 Å². The molecule has 0 amide bonds. The monoisotopic (exact) mass is 249 g/mol. The molecule has 0 radical (unpaired) electrons. The molecule has 64 valence electrons. The summed E-state index contributed by atoms with van der Waals surface area (Å²) in [6, 6.07) is 2.98. The zero-order valence-corrected chi connectivity index (χ0v) is 8.52. The average molecular weight is 250 g/mol. The van der Waals surface area contributed by atoms with Crippen LogP contribution >= 0.6 is 27.5 Å². The third-order valence-corrected chi connectivity index (χ3v) is 2.83. The van der Waals surface area contributed by atoms with E-state index >= 15 is 0 Å². The minimum atomic E-state index is -0.498. The molecule has 0 saturated carbocycles. The van der Waals surface area contributed by atoms with Gasteiger partial charge in [0.2, 0.25) is 0 Å². The molecule has 0 N–H and O–H groups in total. The smallest absolute Gasteiger partial charge is 0.258 e. The van der Waals surface area contributed by atoms with Crippen molar-refractivity contribution in [3.63, 3.8) is 0 Å². The minimum absolute atomic E-state index is 0.0580. The minimum Gasteiger partial charge on any atom is -0.258 e. The summed E-state index contributed by atoms with van der Waals surface area (Å²) in [5, 5.41) is 10.6. The summed E-state index contributed by atoms with van der Waals surface area (Å²) in [6.45, 7) is 1.72. The van der Waals surface area contributed by atoms with Crippen molar-refractivity contribution >= 4 is 33.2 Å². The molecule has 0 saturated heterocycles. The SMILES string of the molecule is Cc1c(Br)ccc([N+](=O)[O-])c1Cl. The van der Waals surface area contributed by atoms with Gasteiger partial charge in [-0.1, -0.05) is 27.5 Å². The van der Waals surface area contributed by atoms with Crippen molar-refractivity contribution in [2.45, 2.75) is 6.92 Å². The van der Waals surface area contributed by atoms with Gasteiger partial charge in [0.05, 0.1) is 4.92 Å². The van der Waals surface area contributed by atoms with Crippen LogP contribution in [0, 0.1) is 17.0 Å².